The molecule has 0 aromatic carbocycles. The van der Waals surface area contributed by atoms with E-state index in [0.717, 1.165) is 33.6 Å². The number of alkyl halides is 1. The smallest absolute Gasteiger partial charge is 0.224 e. The van der Waals surface area contributed by atoms with Crippen molar-refractivity contribution in [2.75, 3.05) is 11.9 Å². The van der Waals surface area contributed by atoms with Crippen molar-refractivity contribution in [1.82, 2.24) is 29.5 Å². The number of halogens is 1. The summed E-state index contributed by atoms with van der Waals surface area (Å²) in [7, 11) is 0. The fourth-order valence-corrected chi connectivity index (χ4v) is 3.35. The fraction of sp³-hybridized carbons (Fsp3) is 0.400. The lowest BCUT2D eigenvalue weighted by atomic mass is 10.1. The van der Waals surface area contributed by atoms with Crippen LogP contribution in [0.25, 0.3) is 33.5 Å². The summed E-state index contributed by atoms with van der Waals surface area (Å²) >= 11 is 0. The third-order valence-electron chi connectivity index (χ3n) is 4.60. The van der Waals surface area contributed by atoms with Crippen LogP contribution in [0.4, 0.5) is 10.3 Å². The zero-order valence-corrected chi connectivity index (χ0v) is 16.7. The Labute approximate surface area is 162 Å². The van der Waals surface area contributed by atoms with Crippen molar-refractivity contribution in [3.63, 3.8) is 0 Å². The van der Waals surface area contributed by atoms with E-state index in [2.05, 4.69) is 43.7 Å². The molecule has 8 heteroatoms. The molecule has 0 aliphatic rings. The van der Waals surface area contributed by atoms with E-state index < -0.39 is 5.67 Å². The van der Waals surface area contributed by atoms with Gasteiger partial charge in [0.05, 0.1) is 12.2 Å². The Bertz CT molecular complexity index is 1150. The lowest BCUT2D eigenvalue weighted by molar-refractivity contribution is 0.234. The predicted molar refractivity (Wildman–Crippen MR) is 109 cm³/mol. The SMILES string of the molecule is Cc1nc2ccc(-c3c[nH]c4nc(NCC(C)(C)F)ncc34)nc2n1C(C)C. The Hall–Kier alpha value is -3.03. The molecular weight excluding hydrogens is 357 g/mol. The highest BCUT2D eigenvalue weighted by Crippen LogP contribution is 2.29. The highest BCUT2D eigenvalue weighted by Gasteiger charge is 2.17. The van der Waals surface area contributed by atoms with Crippen molar-refractivity contribution in [2.24, 2.45) is 0 Å². The van der Waals surface area contributed by atoms with Crippen LogP contribution in [0, 0.1) is 6.92 Å². The van der Waals surface area contributed by atoms with Gasteiger partial charge in [-0.25, -0.2) is 19.3 Å². The van der Waals surface area contributed by atoms with Crippen molar-refractivity contribution >= 4 is 28.1 Å². The van der Waals surface area contributed by atoms with Gasteiger partial charge in [0.15, 0.2) is 5.65 Å². The molecule has 0 bridgehead atoms. The van der Waals surface area contributed by atoms with E-state index in [0.29, 0.717) is 11.6 Å². The summed E-state index contributed by atoms with van der Waals surface area (Å²) < 4.78 is 15.8. The fourth-order valence-electron chi connectivity index (χ4n) is 3.35. The minimum Gasteiger partial charge on any atom is -0.351 e. The molecule has 0 radical (unpaired) electrons. The van der Waals surface area contributed by atoms with E-state index in [4.69, 9.17) is 4.98 Å². The van der Waals surface area contributed by atoms with Crippen LogP contribution >= 0.6 is 0 Å². The molecule has 0 saturated carbocycles. The second-order valence-corrected chi connectivity index (χ2v) is 7.89. The van der Waals surface area contributed by atoms with E-state index in [-0.39, 0.29) is 12.6 Å². The van der Waals surface area contributed by atoms with E-state index in [1.807, 2.05) is 25.3 Å². The van der Waals surface area contributed by atoms with Crippen molar-refractivity contribution in [3.8, 4) is 11.3 Å². The number of anilines is 1. The first-order chi connectivity index (χ1) is 13.2. The van der Waals surface area contributed by atoms with Gasteiger partial charge in [-0.2, -0.15) is 4.98 Å². The minimum atomic E-state index is -1.34. The van der Waals surface area contributed by atoms with Crippen LogP contribution in [0.3, 0.4) is 0 Å². The van der Waals surface area contributed by atoms with Gasteiger partial charge in [0, 0.05) is 29.4 Å². The van der Waals surface area contributed by atoms with Crippen molar-refractivity contribution < 1.29 is 4.39 Å². The molecular formula is C20H24FN7. The molecule has 146 valence electrons. The molecule has 2 N–H and O–H groups in total. The topological polar surface area (TPSA) is 84.3 Å². The van der Waals surface area contributed by atoms with Crippen LogP contribution in [-0.4, -0.2) is 41.7 Å². The van der Waals surface area contributed by atoms with Crippen molar-refractivity contribution in [3.05, 3.63) is 30.4 Å². The zero-order valence-electron chi connectivity index (χ0n) is 16.7. The second kappa shape index (κ2) is 6.54. The number of nitrogens with one attached hydrogen (secondary N) is 2. The van der Waals surface area contributed by atoms with E-state index in [9.17, 15) is 4.39 Å². The summed E-state index contributed by atoms with van der Waals surface area (Å²) in [5.41, 5.74) is 2.84. The molecule has 0 fully saturated rings. The monoisotopic (exact) mass is 381 g/mol. The molecule has 7 nitrogen and oxygen atoms in total. The van der Waals surface area contributed by atoms with Gasteiger partial charge >= 0.3 is 0 Å². The average Bonchev–Trinajstić information content (AvgIpc) is 3.18. The highest BCUT2D eigenvalue weighted by molar-refractivity contribution is 5.93. The van der Waals surface area contributed by atoms with Crippen molar-refractivity contribution in [1.29, 1.82) is 0 Å². The van der Waals surface area contributed by atoms with Gasteiger partial charge < -0.3 is 14.9 Å². The maximum absolute atomic E-state index is 13.7. The highest BCUT2D eigenvalue weighted by atomic mass is 19.1. The number of aromatic nitrogens is 6. The number of hydrogen-bond acceptors (Lipinski definition) is 5. The molecule has 4 heterocycles. The van der Waals surface area contributed by atoms with Gasteiger partial charge in [0.1, 0.15) is 22.7 Å². The second-order valence-electron chi connectivity index (χ2n) is 7.89. The van der Waals surface area contributed by atoms with Crippen LogP contribution in [0.1, 0.15) is 39.6 Å². The normalized spacial score (nSPS) is 12.4. The van der Waals surface area contributed by atoms with E-state index >= 15 is 0 Å². The quantitative estimate of drug-likeness (QED) is 0.535. The number of fused-ring (bicyclic) bond motifs is 2. The molecule has 0 atom stereocenters. The molecule has 4 aromatic heterocycles. The summed E-state index contributed by atoms with van der Waals surface area (Å²) in [6.07, 6.45) is 3.61. The summed E-state index contributed by atoms with van der Waals surface area (Å²) in [5, 5.41) is 3.79. The van der Waals surface area contributed by atoms with E-state index in [1.54, 1.807) is 6.20 Å². The van der Waals surface area contributed by atoms with Crippen LogP contribution in [-0.2, 0) is 0 Å². The Morgan fingerprint density at radius 2 is 2.00 bits per heavy atom. The molecule has 0 saturated heterocycles. The molecule has 0 spiro atoms. The molecule has 0 unspecified atom stereocenters. The van der Waals surface area contributed by atoms with Gasteiger partial charge in [-0.05, 0) is 46.8 Å². The largest absolute Gasteiger partial charge is 0.351 e. The molecule has 0 amide bonds. The summed E-state index contributed by atoms with van der Waals surface area (Å²) in [6.45, 7) is 9.40. The maximum atomic E-state index is 13.7. The molecule has 4 rings (SSSR count). The lowest BCUT2D eigenvalue weighted by Crippen LogP contribution is -2.25. The number of imidazole rings is 1. The third-order valence-corrected chi connectivity index (χ3v) is 4.60. The lowest BCUT2D eigenvalue weighted by Gasteiger charge is -2.14. The predicted octanol–water partition coefficient (Wildman–Crippen LogP) is 4.42. The minimum absolute atomic E-state index is 0.142. The van der Waals surface area contributed by atoms with Crippen LogP contribution in [0.15, 0.2) is 24.5 Å². The Kier molecular flexibility index (Phi) is 4.28. The number of H-pyrrole nitrogens is 1. The molecule has 4 aromatic rings. The number of pyridine rings is 1. The van der Waals surface area contributed by atoms with Crippen LogP contribution in [0.5, 0.6) is 0 Å². The van der Waals surface area contributed by atoms with Crippen molar-refractivity contribution in [2.45, 2.75) is 46.3 Å². The summed E-state index contributed by atoms with van der Waals surface area (Å²) in [4.78, 5) is 21.4. The molecule has 0 aliphatic heterocycles. The van der Waals surface area contributed by atoms with Gasteiger partial charge in [0.2, 0.25) is 5.95 Å². The average molecular weight is 381 g/mol. The van der Waals surface area contributed by atoms with E-state index in [1.165, 1.54) is 13.8 Å². The summed E-state index contributed by atoms with van der Waals surface area (Å²) in [5.74, 6) is 1.34. The first-order valence-corrected chi connectivity index (χ1v) is 9.36. The van der Waals surface area contributed by atoms with Gasteiger partial charge in [-0.15, -0.1) is 0 Å². The maximum Gasteiger partial charge on any atom is 0.224 e. The third kappa shape index (κ3) is 3.30. The number of aromatic amines is 1. The van der Waals surface area contributed by atoms with Crippen LogP contribution < -0.4 is 5.32 Å². The Balaban J connectivity index is 1.74. The zero-order chi connectivity index (χ0) is 20.1. The van der Waals surface area contributed by atoms with Crippen LogP contribution in [0.2, 0.25) is 0 Å². The standard InChI is InChI=1S/C20H24FN7/c1-11(2)28-12(3)25-16-7-6-15(26-18(16)28)13-8-22-17-14(13)9-23-19(27-17)24-10-20(4,5)21/h6-9,11H,10H2,1-5H3,(H2,22,23,24,27). The first kappa shape index (κ1) is 18.3. The van der Waals surface area contributed by atoms with Gasteiger partial charge in [-0.1, -0.05) is 0 Å². The van der Waals surface area contributed by atoms with Gasteiger partial charge in [-0.3, -0.25) is 0 Å². The molecule has 28 heavy (non-hydrogen) atoms. The first-order valence-electron chi connectivity index (χ1n) is 9.36. The Morgan fingerprint density at radius 3 is 2.71 bits per heavy atom. The number of aryl methyl sites for hydroxylation is 1. The molecule has 0 aliphatic carbocycles. The summed E-state index contributed by atoms with van der Waals surface area (Å²) in [6, 6.07) is 4.22. The number of nitrogens with zero attached hydrogens (tertiary/aromatic N) is 5. The number of rotatable bonds is 5. The Morgan fingerprint density at radius 1 is 1.21 bits per heavy atom. The van der Waals surface area contributed by atoms with Gasteiger partial charge in [0.25, 0.3) is 0 Å². The number of hydrogen-bond donors (Lipinski definition) is 2.